The van der Waals surface area contributed by atoms with Gasteiger partial charge in [0, 0.05) is 20.2 Å². The highest BCUT2D eigenvalue weighted by atomic mass is 16.5. The van der Waals surface area contributed by atoms with E-state index in [0.717, 1.165) is 32.0 Å². The van der Waals surface area contributed by atoms with Gasteiger partial charge in [-0.2, -0.15) is 0 Å². The molecule has 0 aliphatic heterocycles. The standard InChI is InChI=1S/C18H29NO/c1-4-15-5-7-16(8-6-15)13-18(2,17-9-10-17)14-19-11-12-20-3/h5-8,17,19H,4,9-14H2,1-3H3. The second-order valence-corrected chi connectivity index (χ2v) is 6.44. The van der Waals surface area contributed by atoms with Crippen molar-refractivity contribution in [1.82, 2.24) is 5.32 Å². The van der Waals surface area contributed by atoms with Crippen LogP contribution in [-0.4, -0.2) is 26.8 Å². The molecule has 1 aliphatic carbocycles. The maximum absolute atomic E-state index is 5.11. The number of hydrogen-bond donors (Lipinski definition) is 1. The summed E-state index contributed by atoms with van der Waals surface area (Å²) in [6.07, 6.45) is 5.10. The van der Waals surface area contributed by atoms with Crippen LogP contribution in [0.4, 0.5) is 0 Å². The lowest BCUT2D eigenvalue weighted by molar-refractivity contribution is 0.187. The average molecular weight is 275 g/mol. The number of benzene rings is 1. The molecule has 2 rings (SSSR count). The normalized spacial score (nSPS) is 17.9. The Labute approximate surface area is 123 Å². The van der Waals surface area contributed by atoms with Crippen molar-refractivity contribution < 1.29 is 4.74 Å². The Hall–Kier alpha value is -0.860. The van der Waals surface area contributed by atoms with E-state index in [1.807, 2.05) is 0 Å². The van der Waals surface area contributed by atoms with E-state index in [9.17, 15) is 0 Å². The average Bonchev–Trinajstić information content (AvgIpc) is 3.29. The molecule has 0 spiro atoms. The van der Waals surface area contributed by atoms with Crippen LogP contribution in [0.1, 0.15) is 37.8 Å². The molecule has 2 nitrogen and oxygen atoms in total. The molecule has 1 unspecified atom stereocenters. The van der Waals surface area contributed by atoms with Gasteiger partial charge in [-0.3, -0.25) is 0 Å². The highest BCUT2D eigenvalue weighted by Crippen LogP contribution is 2.47. The molecule has 0 saturated heterocycles. The van der Waals surface area contributed by atoms with Gasteiger partial charge in [0.1, 0.15) is 0 Å². The topological polar surface area (TPSA) is 21.3 Å². The summed E-state index contributed by atoms with van der Waals surface area (Å²) in [4.78, 5) is 0. The van der Waals surface area contributed by atoms with Crippen molar-refractivity contribution in [2.45, 2.75) is 39.5 Å². The lowest BCUT2D eigenvalue weighted by atomic mass is 9.78. The summed E-state index contributed by atoms with van der Waals surface area (Å²) < 4.78 is 5.11. The van der Waals surface area contributed by atoms with Crippen LogP contribution in [-0.2, 0) is 17.6 Å². The Morgan fingerprint density at radius 2 is 1.85 bits per heavy atom. The summed E-state index contributed by atoms with van der Waals surface area (Å²) in [6.45, 7) is 7.50. The Morgan fingerprint density at radius 3 is 2.40 bits per heavy atom. The van der Waals surface area contributed by atoms with Gasteiger partial charge in [0.25, 0.3) is 0 Å². The van der Waals surface area contributed by atoms with Crippen molar-refractivity contribution in [3.05, 3.63) is 35.4 Å². The number of ether oxygens (including phenoxy) is 1. The van der Waals surface area contributed by atoms with E-state index in [1.165, 1.54) is 30.4 Å². The molecule has 0 amide bonds. The second-order valence-electron chi connectivity index (χ2n) is 6.44. The van der Waals surface area contributed by atoms with Gasteiger partial charge in [-0.05, 0) is 48.1 Å². The van der Waals surface area contributed by atoms with E-state index in [0.29, 0.717) is 5.41 Å². The van der Waals surface area contributed by atoms with Crippen LogP contribution < -0.4 is 5.32 Å². The molecule has 1 fully saturated rings. The van der Waals surface area contributed by atoms with Crippen molar-refractivity contribution in [1.29, 1.82) is 0 Å². The second kappa shape index (κ2) is 7.24. The zero-order valence-corrected chi connectivity index (χ0v) is 13.2. The Bertz CT molecular complexity index is 396. The molecule has 1 saturated carbocycles. The summed E-state index contributed by atoms with van der Waals surface area (Å²) >= 11 is 0. The van der Waals surface area contributed by atoms with Gasteiger partial charge < -0.3 is 10.1 Å². The van der Waals surface area contributed by atoms with E-state index in [2.05, 4.69) is 43.4 Å². The molecule has 0 aromatic heterocycles. The van der Waals surface area contributed by atoms with Crippen LogP contribution in [0.2, 0.25) is 0 Å². The molecular formula is C18H29NO. The zero-order chi connectivity index (χ0) is 14.4. The first-order valence-corrected chi connectivity index (χ1v) is 7.95. The predicted molar refractivity (Wildman–Crippen MR) is 85.1 cm³/mol. The minimum absolute atomic E-state index is 0.390. The molecule has 112 valence electrons. The van der Waals surface area contributed by atoms with Gasteiger partial charge in [0.05, 0.1) is 6.61 Å². The van der Waals surface area contributed by atoms with E-state index in [-0.39, 0.29) is 0 Å². The van der Waals surface area contributed by atoms with Gasteiger partial charge >= 0.3 is 0 Å². The number of nitrogens with one attached hydrogen (secondary N) is 1. The molecule has 0 bridgehead atoms. The van der Waals surface area contributed by atoms with Crippen LogP contribution in [0.3, 0.4) is 0 Å². The predicted octanol–water partition coefficient (Wildman–Crippen LogP) is 3.44. The van der Waals surface area contributed by atoms with Gasteiger partial charge in [-0.25, -0.2) is 0 Å². The Morgan fingerprint density at radius 1 is 1.20 bits per heavy atom. The monoisotopic (exact) mass is 275 g/mol. The quantitative estimate of drug-likeness (QED) is 0.697. The minimum Gasteiger partial charge on any atom is -0.383 e. The largest absolute Gasteiger partial charge is 0.383 e. The maximum atomic E-state index is 5.11. The first-order valence-electron chi connectivity index (χ1n) is 7.95. The molecule has 1 aromatic rings. The number of rotatable bonds is 9. The number of aryl methyl sites for hydroxylation is 1. The van der Waals surface area contributed by atoms with Crippen LogP contribution in [0.15, 0.2) is 24.3 Å². The van der Waals surface area contributed by atoms with Crippen LogP contribution in [0.5, 0.6) is 0 Å². The van der Waals surface area contributed by atoms with Crippen LogP contribution in [0.25, 0.3) is 0 Å². The molecular weight excluding hydrogens is 246 g/mol. The summed E-state index contributed by atoms with van der Waals surface area (Å²) in [5.74, 6) is 0.892. The molecule has 1 aliphatic rings. The molecule has 20 heavy (non-hydrogen) atoms. The SMILES string of the molecule is CCc1ccc(CC(C)(CNCCOC)C2CC2)cc1. The van der Waals surface area contributed by atoms with Crippen molar-refractivity contribution >= 4 is 0 Å². The van der Waals surface area contributed by atoms with E-state index in [4.69, 9.17) is 4.74 Å². The Kier molecular flexibility index (Phi) is 5.62. The Balaban J connectivity index is 1.93. The molecule has 2 heteroatoms. The molecule has 1 aromatic carbocycles. The lowest BCUT2D eigenvalue weighted by Gasteiger charge is -2.30. The van der Waals surface area contributed by atoms with E-state index >= 15 is 0 Å². The van der Waals surface area contributed by atoms with Gasteiger partial charge in [0.2, 0.25) is 0 Å². The number of methoxy groups -OCH3 is 1. The molecule has 0 radical (unpaired) electrons. The molecule has 1 atom stereocenters. The summed E-state index contributed by atoms with van der Waals surface area (Å²) in [5, 5.41) is 3.57. The summed E-state index contributed by atoms with van der Waals surface area (Å²) in [5.41, 5.74) is 3.30. The fraction of sp³-hybridized carbons (Fsp3) is 0.667. The first kappa shape index (κ1) is 15.5. The lowest BCUT2D eigenvalue weighted by Crippen LogP contribution is -2.37. The smallest absolute Gasteiger partial charge is 0.0587 e. The third-order valence-corrected chi connectivity index (χ3v) is 4.61. The first-order chi connectivity index (χ1) is 9.68. The van der Waals surface area contributed by atoms with Crippen molar-refractivity contribution in [3.8, 4) is 0 Å². The number of hydrogen-bond acceptors (Lipinski definition) is 2. The molecule has 0 heterocycles. The van der Waals surface area contributed by atoms with Crippen molar-refractivity contribution in [2.75, 3.05) is 26.8 Å². The van der Waals surface area contributed by atoms with Gasteiger partial charge in [-0.1, -0.05) is 38.1 Å². The summed E-state index contributed by atoms with van der Waals surface area (Å²) in [7, 11) is 1.76. The third-order valence-electron chi connectivity index (χ3n) is 4.61. The maximum Gasteiger partial charge on any atom is 0.0587 e. The fourth-order valence-electron chi connectivity index (χ4n) is 3.04. The van der Waals surface area contributed by atoms with Crippen molar-refractivity contribution in [3.63, 3.8) is 0 Å². The minimum atomic E-state index is 0.390. The third kappa shape index (κ3) is 4.32. The van der Waals surface area contributed by atoms with E-state index < -0.39 is 0 Å². The van der Waals surface area contributed by atoms with Crippen LogP contribution in [0, 0.1) is 11.3 Å². The molecule has 1 N–H and O–H groups in total. The van der Waals surface area contributed by atoms with Gasteiger partial charge in [0.15, 0.2) is 0 Å². The van der Waals surface area contributed by atoms with Crippen molar-refractivity contribution in [2.24, 2.45) is 11.3 Å². The summed E-state index contributed by atoms with van der Waals surface area (Å²) in [6, 6.07) is 9.19. The van der Waals surface area contributed by atoms with E-state index in [1.54, 1.807) is 7.11 Å². The fourth-order valence-corrected chi connectivity index (χ4v) is 3.04. The highest BCUT2D eigenvalue weighted by molar-refractivity contribution is 5.24. The highest BCUT2D eigenvalue weighted by Gasteiger charge is 2.40. The van der Waals surface area contributed by atoms with Crippen LogP contribution >= 0.6 is 0 Å². The zero-order valence-electron chi connectivity index (χ0n) is 13.2. The van der Waals surface area contributed by atoms with Gasteiger partial charge in [-0.15, -0.1) is 0 Å².